The van der Waals surface area contributed by atoms with Gasteiger partial charge in [-0.1, -0.05) is 0 Å². The number of rotatable bonds is 2. The Morgan fingerprint density at radius 3 is 3.12 bits per heavy atom. The quantitative estimate of drug-likeness (QED) is 0.728. The van der Waals surface area contributed by atoms with Crippen molar-refractivity contribution in [2.45, 2.75) is 24.9 Å². The Kier molecular flexibility index (Phi) is 2.50. The molecule has 7 nitrogen and oxygen atoms in total. The standard InChI is InChI=1S/C10H12N4O3/c15-3-8-7(16)1-9(17-8)14-5-13-6-2-11-4-12-10(6)14/h2,4-5,7-9,15-16H,1,3H2/t7-,8?,9?/m0/s1. The van der Waals surface area contributed by atoms with Gasteiger partial charge in [0.1, 0.15) is 24.2 Å². The lowest BCUT2D eigenvalue weighted by molar-refractivity contribution is -0.0432. The fourth-order valence-corrected chi connectivity index (χ4v) is 2.05. The molecule has 3 atom stereocenters. The average molecular weight is 236 g/mol. The molecule has 1 fully saturated rings. The van der Waals surface area contributed by atoms with Gasteiger partial charge >= 0.3 is 0 Å². The van der Waals surface area contributed by atoms with Crippen LogP contribution in [0.5, 0.6) is 0 Å². The third-order valence-corrected chi connectivity index (χ3v) is 2.93. The van der Waals surface area contributed by atoms with Gasteiger partial charge in [-0.15, -0.1) is 0 Å². The molecule has 90 valence electrons. The number of ether oxygens (including phenoxy) is 1. The van der Waals surface area contributed by atoms with Gasteiger partial charge in [0, 0.05) is 6.42 Å². The normalized spacial score (nSPS) is 28.9. The van der Waals surface area contributed by atoms with E-state index < -0.39 is 12.2 Å². The first-order valence-corrected chi connectivity index (χ1v) is 5.36. The van der Waals surface area contributed by atoms with E-state index in [-0.39, 0.29) is 12.8 Å². The van der Waals surface area contributed by atoms with E-state index in [2.05, 4.69) is 15.0 Å². The second kappa shape index (κ2) is 4.02. The SMILES string of the molecule is OCC1OC(n2cnc3cncnc32)C[C@@H]1O. The summed E-state index contributed by atoms with van der Waals surface area (Å²) in [7, 11) is 0. The van der Waals surface area contributed by atoms with E-state index in [1.54, 1.807) is 17.1 Å². The van der Waals surface area contributed by atoms with Crippen molar-refractivity contribution in [2.24, 2.45) is 0 Å². The third-order valence-electron chi connectivity index (χ3n) is 2.93. The van der Waals surface area contributed by atoms with E-state index in [1.165, 1.54) is 6.33 Å². The minimum absolute atomic E-state index is 0.195. The van der Waals surface area contributed by atoms with Gasteiger partial charge in [0.25, 0.3) is 0 Å². The minimum atomic E-state index is -0.663. The summed E-state index contributed by atoms with van der Waals surface area (Å²) in [5.41, 5.74) is 1.34. The lowest BCUT2D eigenvalue weighted by Gasteiger charge is -2.13. The van der Waals surface area contributed by atoms with Crippen molar-refractivity contribution in [3.05, 3.63) is 18.9 Å². The van der Waals surface area contributed by atoms with E-state index in [9.17, 15) is 5.11 Å². The molecule has 7 heteroatoms. The zero-order valence-corrected chi connectivity index (χ0v) is 8.97. The van der Waals surface area contributed by atoms with Crippen molar-refractivity contribution < 1.29 is 14.9 Å². The average Bonchev–Trinajstić information content (AvgIpc) is 2.92. The van der Waals surface area contributed by atoms with Crippen molar-refractivity contribution in [1.82, 2.24) is 19.5 Å². The molecule has 0 radical (unpaired) electrons. The molecule has 1 aliphatic heterocycles. The van der Waals surface area contributed by atoms with E-state index in [1.807, 2.05) is 0 Å². The first kappa shape index (κ1) is 10.6. The Morgan fingerprint density at radius 1 is 1.47 bits per heavy atom. The lowest BCUT2D eigenvalue weighted by atomic mass is 10.2. The number of aliphatic hydroxyl groups excluding tert-OH is 2. The number of aliphatic hydroxyl groups is 2. The smallest absolute Gasteiger partial charge is 0.165 e. The third kappa shape index (κ3) is 1.68. The molecular weight excluding hydrogens is 224 g/mol. The van der Waals surface area contributed by atoms with Crippen LogP contribution in [0.1, 0.15) is 12.6 Å². The van der Waals surface area contributed by atoms with E-state index >= 15 is 0 Å². The molecule has 2 aromatic rings. The van der Waals surface area contributed by atoms with Crippen LogP contribution in [0.3, 0.4) is 0 Å². The van der Waals surface area contributed by atoms with Crippen LogP contribution in [0.4, 0.5) is 0 Å². The molecule has 0 spiro atoms. The summed E-state index contributed by atoms with van der Waals surface area (Å²) < 4.78 is 7.28. The van der Waals surface area contributed by atoms with Gasteiger partial charge in [0.15, 0.2) is 5.65 Å². The van der Waals surface area contributed by atoms with Crippen LogP contribution < -0.4 is 0 Å². The van der Waals surface area contributed by atoms with Gasteiger partial charge in [0.2, 0.25) is 0 Å². The molecule has 2 aromatic heterocycles. The van der Waals surface area contributed by atoms with Crippen LogP contribution in [-0.4, -0.2) is 48.5 Å². The molecule has 3 heterocycles. The summed E-state index contributed by atoms with van der Waals surface area (Å²) in [5.74, 6) is 0. The zero-order chi connectivity index (χ0) is 11.8. The predicted octanol–water partition coefficient (Wildman–Crippen LogP) is -0.533. The Bertz CT molecular complexity index is 529. The van der Waals surface area contributed by atoms with Crippen LogP contribution in [0.2, 0.25) is 0 Å². The van der Waals surface area contributed by atoms with Crippen LogP contribution in [0.25, 0.3) is 11.2 Å². The van der Waals surface area contributed by atoms with Gasteiger partial charge in [0.05, 0.1) is 25.2 Å². The molecule has 0 amide bonds. The zero-order valence-electron chi connectivity index (χ0n) is 8.97. The second-order valence-electron chi connectivity index (χ2n) is 4.00. The van der Waals surface area contributed by atoms with Crippen LogP contribution in [-0.2, 0) is 4.74 Å². The lowest BCUT2D eigenvalue weighted by Crippen LogP contribution is -2.24. The number of nitrogens with zero attached hydrogens (tertiary/aromatic N) is 4. The summed E-state index contributed by atoms with van der Waals surface area (Å²) in [6, 6.07) is 0. The summed E-state index contributed by atoms with van der Waals surface area (Å²) >= 11 is 0. The number of hydrogen-bond acceptors (Lipinski definition) is 6. The Morgan fingerprint density at radius 2 is 2.35 bits per heavy atom. The summed E-state index contributed by atoms with van der Waals surface area (Å²) in [4.78, 5) is 12.2. The monoisotopic (exact) mass is 236 g/mol. The van der Waals surface area contributed by atoms with Crippen molar-refractivity contribution in [1.29, 1.82) is 0 Å². The topological polar surface area (TPSA) is 93.3 Å². The molecule has 17 heavy (non-hydrogen) atoms. The van der Waals surface area contributed by atoms with Crippen LogP contribution >= 0.6 is 0 Å². The molecule has 3 rings (SSSR count). The molecule has 2 unspecified atom stereocenters. The molecule has 0 bridgehead atoms. The summed E-state index contributed by atoms with van der Waals surface area (Å²) in [6.45, 7) is -0.195. The molecule has 0 aromatic carbocycles. The van der Waals surface area contributed by atoms with E-state index in [4.69, 9.17) is 9.84 Å². The van der Waals surface area contributed by atoms with Crippen molar-refractivity contribution >= 4 is 11.2 Å². The highest BCUT2D eigenvalue weighted by Crippen LogP contribution is 2.30. The van der Waals surface area contributed by atoms with Crippen molar-refractivity contribution in [3.8, 4) is 0 Å². The fourth-order valence-electron chi connectivity index (χ4n) is 2.05. The Balaban J connectivity index is 1.95. The number of fused-ring (bicyclic) bond motifs is 1. The van der Waals surface area contributed by atoms with E-state index in [0.717, 1.165) is 0 Å². The minimum Gasteiger partial charge on any atom is -0.394 e. The second-order valence-corrected chi connectivity index (χ2v) is 4.00. The predicted molar refractivity (Wildman–Crippen MR) is 56.9 cm³/mol. The molecule has 0 aliphatic carbocycles. The molecule has 0 saturated carbocycles. The number of hydrogen-bond donors (Lipinski definition) is 2. The number of aromatic nitrogens is 4. The summed E-state index contributed by atoms with van der Waals surface area (Å²) in [6.07, 6.45) is 3.53. The van der Waals surface area contributed by atoms with Crippen LogP contribution in [0.15, 0.2) is 18.9 Å². The largest absolute Gasteiger partial charge is 0.394 e. The van der Waals surface area contributed by atoms with Crippen LogP contribution in [0, 0.1) is 0 Å². The molecule has 1 aliphatic rings. The fraction of sp³-hybridized carbons (Fsp3) is 0.500. The maximum atomic E-state index is 9.68. The van der Waals surface area contributed by atoms with Crippen molar-refractivity contribution in [2.75, 3.05) is 6.61 Å². The highest BCUT2D eigenvalue weighted by atomic mass is 16.5. The van der Waals surface area contributed by atoms with Gasteiger partial charge in [-0.2, -0.15) is 0 Å². The van der Waals surface area contributed by atoms with Gasteiger partial charge in [-0.25, -0.2) is 15.0 Å². The highest BCUT2D eigenvalue weighted by Gasteiger charge is 2.35. The van der Waals surface area contributed by atoms with Crippen molar-refractivity contribution in [3.63, 3.8) is 0 Å². The Labute approximate surface area is 96.7 Å². The van der Waals surface area contributed by atoms with Gasteiger partial charge < -0.3 is 14.9 Å². The summed E-state index contributed by atoms with van der Waals surface area (Å²) in [5, 5.41) is 18.7. The number of imidazole rings is 1. The van der Waals surface area contributed by atoms with E-state index in [0.29, 0.717) is 17.6 Å². The van der Waals surface area contributed by atoms with Gasteiger partial charge in [-0.3, -0.25) is 4.57 Å². The maximum Gasteiger partial charge on any atom is 0.165 e. The van der Waals surface area contributed by atoms with Gasteiger partial charge in [-0.05, 0) is 0 Å². The molecule has 1 saturated heterocycles. The highest BCUT2D eigenvalue weighted by molar-refractivity contribution is 5.68. The first-order valence-electron chi connectivity index (χ1n) is 5.36. The molecular formula is C10H12N4O3. The maximum absolute atomic E-state index is 9.68. The first-order chi connectivity index (χ1) is 8.29. The molecule has 2 N–H and O–H groups in total. The Hall–Kier alpha value is -1.57.